The second kappa shape index (κ2) is 6.10. The van der Waals surface area contributed by atoms with E-state index < -0.39 is 0 Å². The van der Waals surface area contributed by atoms with Crippen LogP contribution in [0.5, 0.6) is 0 Å². The Hall–Kier alpha value is -1.14. The Morgan fingerprint density at radius 3 is 2.90 bits per heavy atom. The molecule has 2 fully saturated rings. The summed E-state index contributed by atoms with van der Waals surface area (Å²) in [5, 5.41) is 13.0. The fraction of sp³-hybridized carbons (Fsp3) is 0.857. The van der Waals surface area contributed by atoms with E-state index in [9.17, 15) is 4.79 Å². The van der Waals surface area contributed by atoms with Crippen molar-refractivity contribution < 1.29 is 4.79 Å². The Morgan fingerprint density at radius 1 is 1.30 bits per heavy atom. The number of amidine groups is 1. The zero-order chi connectivity index (χ0) is 13.9. The van der Waals surface area contributed by atoms with Gasteiger partial charge in [-0.1, -0.05) is 12.8 Å². The van der Waals surface area contributed by atoms with E-state index in [1.54, 1.807) is 0 Å². The molecule has 1 amide bonds. The molecule has 6 heteroatoms. The molecule has 20 heavy (non-hydrogen) atoms. The Bertz CT molecular complexity index is 389. The molecule has 6 nitrogen and oxygen atoms in total. The van der Waals surface area contributed by atoms with Gasteiger partial charge in [-0.15, -0.1) is 0 Å². The molecule has 0 radical (unpaired) electrons. The molecule has 112 valence electrons. The summed E-state index contributed by atoms with van der Waals surface area (Å²) in [5.41, 5.74) is 0. The van der Waals surface area contributed by atoms with E-state index in [1.807, 2.05) is 0 Å². The van der Waals surface area contributed by atoms with Crippen molar-refractivity contribution in [2.75, 3.05) is 19.6 Å². The van der Waals surface area contributed by atoms with Gasteiger partial charge in [0, 0.05) is 25.2 Å². The van der Waals surface area contributed by atoms with Crippen LogP contribution in [0, 0.1) is 0 Å². The van der Waals surface area contributed by atoms with E-state index in [0.717, 1.165) is 12.4 Å². The Labute approximate surface area is 120 Å². The third-order valence-corrected chi connectivity index (χ3v) is 4.49. The zero-order valence-electron chi connectivity index (χ0n) is 12.1. The number of nitrogens with one attached hydrogen (secondary N) is 4. The van der Waals surface area contributed by atoms with Crippen LogP contribution in [0.4, 0.5) is 0 Å². The second-order valence-electron chi connectivity index (χ2n) is 6.17. The molecule has 0 aromatic heterocycles. The lowest BCUT2D eigenvalue weighted by molar-refractivity contribution is -0.123. The van der Waals surface area contributed by atoms with E-state index in [1.165, 1.54) is 25.7 Å². The van der Waals surface area contributed by atoms with Crippen molar-refractivity contribution in [2.45, 2.75) is 56.8 Å². The molecule has 0 aromatic rings. The van der Waals surface area contributed by atoms with Crippen LogP contribution in [0.3, 0.4) is 0 Å². The van der Waals surface area contributed by atoms with Gasteiger partial charge in [0.15, 0.2) is 0 Å². The van der Waals surface area contributed by atoms with Crippen LogP contribution < -0.4 is 21.3 Å². The molecule has 4 N–H and O–H groups in total. The summed E-state index contributed by atoms with van der Waals surface area (Å²) < 4.78 is 0. The molecule has 1 saturated heterocycles. The number of carbonyl (C=O) groups is 1. The van der Waals surface area contributed by atoms with Crippen molar-refractivity contribution in [3.05, 3.63) is 0 Å². The van der Waals surface area contributed by atoms with Gasteiger partial charge < -0.3 is 21.3 Å². The largest absolute Gasteiger partial charge is 0.367 e. The maximum Gasteiger partial charge on any atom is 0.238 e. The molecule has 0 bridgehead atoms. The molecule has 1 aliphatic carbocycles. The number of hydrogen-bond donors (Lipinski definition) is 4. The number of rotatable bonds is 3. The maximum absolute atomic E-state index is 12.1. The van der Waals surface area contributed by atoms with Crippen molar-refractivity contribution in [2.24, 2.45) is 4.99 Å². The van der Waals surface area contributed by atoms with E-state index in [-0.39, 0.29) is 11.9 Å². The Kier molecular flexibility index (Phi) is 4.21. The van der Waals surface area contributed by atoms with Gasteiger partial charge in [-0.05, 0) is 19.8 Å². The highest BCUT2D eigenvalue weighted by atomic mass is 16.2. The van der Waals surface area contributed by atoms with Gasteiger partial charge in [-0.2, -0.15) is 0 Å². The van der Waals surface area contributed by atoms with Crippen molar-refractivity contribution in [1.29, 1.82) is 0 Å². The lowest BCUT2D eigenvalue weighted by Gasteiger charge is -2.28. The first-order chi connectivity index (χ1) is 9.72. The second-order valence-corrected chi connectivity index (χ2v) is 6.17. The molecular formula is C14H25N5O. The summed E-state index contributed by atoms with van der Waals surface area (Å²) in [7, 11) is 0. The Morgan fingerprint density at radius 2 is 2.15 bits per heavy atom. The molecule has 2 aliphatic heterocycles. The van der Waals surface area contributed by atoms with Gasteiger partial charge in [-0.3, -0.25) is 9.79 Å². The van der Waals surface area contributed by atoms with Crippen molar-refractivity contribution in [1.82, 2.24) is 21.3 Å². The molecular weight excluding hydrogens is 254 g/mol. The fourth-order valence-electron chi connectivity index (χ4n) is 3.24. The van der Waals surface area contributed by atoms with Crippen LogP contribution in [0.2, 0.25) is 0 Å². The highest BCUT2D eigenvalue weighted by molar-refractivity contribution is 5.91. The summed E-state index contributed by atoms with van der Waals surface area (Å²) in [5.74, 6) is 1.01. The lowest BCUT2D eigenvalue weighted by atomic mass is 9.92. The summed E-state index contributed by atoms with van der Waals surface area (Å²) in [6.07, 6.45) is 4.96. The van der Waals surface area contributed by atoms with Gasteiger partial charge in [0.05, 0.1) is 18.6 Å². The van der Waals surface area contributed by atoms with Crippen molar-refractivity contribution in [3.63, 3.8) is 0 Å². The van der Waals surface area contributed by atoms with Gasteiger partial charge >= 0.3 is 0 Å². The molecule has 4 unspecified atom stereocenters. The number of fused-ring (bicyclic) bond motifs is 1. The van der Waals surface area contributed by atoms with E-state index in [4.69, 9.17) is 4.99 Å². The monoisotopic (exact) mass is 279 g/mol. The lowest BCUT2D eigenvalue weighted by Crippen LogP contribution is -2.59. The topological polar surface area (TPSA) is 77.5 Å². The SMILES string of the molecule is CC1CNC(C(=O)NCC2=NC3CCCCC3N2)CN1. The molecule has 0 spiro atoms. The minimum absolute atomic E-state index is 0.0590. The fourth-order valence-corrected chi connectivity index (χ4v) is 3.24. The van der Waals surface area contributed by atoms with Crippen LogP contribution in [0.15, 0.2) is 4.99 Å². The standard InChI is InChI=1S/C14H25N5O/c1-9-6-16-12(7-15-9)14(20)17-8-13-18-10-4-2-3-5-11(10)19-13/h9-12,15-16H,2-8H2,1H3,(H,17,20)(H,18,19). The van der Waals surface area contributed by atoms with Gasteiger partial charge in [0.2, 0.25) is 5.91 Å². The van der Waals surface area contributed by atoms with Crippen LogP contribution in [0.25, 0.3) is 0 Å². The maximum atomic E-state index is 12.1. The first-order valence-corrected chi connectivity index (χ1v) is 7.80. The number of aliphatic imine (C=N–C) groups is 1. The van der Waals surface area contributed by atoms with E-state index in [0.29, 0.717) is 31.2 Å². The smallest absolute Gasteiger partial charge is 0.238 e. The number of piperazine rings is 1. The van der Waals surface area contributed by atoms with Gasteiger partial charge in [0.25, 0.3) is 0 Å². The van der Waals surface area contributed by atoms with E-state index >= 15 is 0 Å². The highest BCUT2D eigenvalue weighted by Gasteiger charge is 2.31. The average molecular weight is 279 g/mol. The summed E-state index contributed by atoms with van der Waals surface area (Å²) >= 11 is 0. The van der Waals surface area contributed by atoms with E-state index in [2.05, 4.69) is 28.2 Å². The quantitative estimate of drug-likeness (QED) is 0.554. The van der Waals surface area contributed by atoms with Gasteiger partial charge in [0.1, 0.15) is 5.84 Å². The first kappa shape index (κ1) is 13.8. The zero-order valence-corrected chi connectivity index (χ0v) is 12.1. The normalized spacial score (nSPS) is 36.8. The molecule has 2 heterocycles. The van der Waals surface area contributed by atoms with Crippen molar-refractivity contribution in [3.8, 4) is 0 Å². The van der Waals surface area contributed by atoms with Crippen molar-refractivity contribution >= 4 is 11.7 Å². The Balaban J connectivity index is 1.44. The van der Waals surface area contributed by atoms with Crippen LogP contribution >= 0.6 is 0 Å². The number of carbonyl (C=O) groups excluding carboxylic acids is 1. The van der Waals surface area contributed by atoms with Crippen LogP contribution in [-0.2, 0) is 4.79 Å². The summed E-state index contributed by atoms with van der Waals surface area (Å²) in [4.78, 5) is 16.8. The molecule has 1 saturated carbocycles. The van der Waals surface area contributed by atoms with Crippen LogP contribution in [-0.4, -0.2) is 55.5 Å². The minimum Gasteiger partial charge on any atom is -0.367 e. The average Bonchev–Trinajstić information content (AvgIpc) is 2.88. The number of amides is 1. The van der Waals surface area contributed by atoms with Gasteiger partial charge in [-0.25, -0.2) is 0 Å². The molecule has 3 aliphatic rings. The predicted molar refractivity (Wildman–Crippen MR) is 78.9 cm³/mol. The number of nitrogens with zero attached hydrogens (tertiary/aromatic N) is 1. The third-order valence-electron chi connectivity index (χ3n) is 4.49. The number of hydrogen-bond acceptors (Lipinski definition) is 5. The highest BCUT2D eigenvalue weighted by Crippen LogP contribution is 2.24. The summed E-state index contributed by atoms with van der Waals surface area (Å²) in [6, 6.07) is 1.25. The molecule has 3 rings (SSSR count). The van der Waals surface area contributed by atoms with Crippen LogP contribution in [0.1, 0.15) is 32.6 Å². The first-order valence-electron chi connectivity index (χ1n) is 7.80. The minimum atomic E-state index is -0.129. The third kappa shape index (κ3) is 3.12. The molecule has 0 aromatic carbocycles. The predicted octanol–water partition coefficient (Wildman–Crippen LogP) is -0.635. The molecule has 4 atom stereocenters. The summed E-state index contributed by atoms with van der Waals surface area (Å²) in [6.45, 7) is 4.17.